The highest BCUT2D eigenvalue weighted by molar-refractivity contribution is 7.09. The molecule has 0 aliphatic heterocycles. The van der Waals surface area contributed by atoms with Crippen LogP contribution in [-0.4, -0.2) is 19.3 Å². The van der Waals surface area contributed by atoms with Crippen molar-refractivity contribution in [1.82, 2.24) is 19.3 Å². The van der Waals surface area contributed by atoms with Crippen molar-refractivity contribution in [3.8, 4) is 11.4 Å². The summed E-state index contributed by atoms with van der Waals surface area (Å²) in [5, 5.41) is 0.453. The largest absolute Gasteiger partial charge is 0.374 e. The fourth-order valence-corrected chi connectivity index (χ4v) is 1.22. The Kier molecular flexibility index (Phi) is 1.67. The quantitative estimate of drug-likeness (QED) is 0.692. The van der Waals surface area contributed by atoms with Gasteiger partial charge in [0.05, 0.1) is 5.56 Å². The molecule has 0 aromatic carbocycles. The van der Waals surface area contributed by atoms with Crippen LogP contribution in [0, 0.1) is 0 Å². The van der Waals surface area contributed by atoms with Crippen LogP contribution in [0.4, 0.5) is 5.13 Å². The molecule has 0 aliphatic carbocycles. The van der Waals surface area contributed by atoms with Crippen LogP contribution in [0.5, 0.6) is 0 Å². The second-order valence-electron chi connectivity index (χ2n) is 2.08. The minimum Gasteiger partial charge on any atom is -0.374 e. The molecule has 2 heterocycles. The maximum Gasteiger partial charge on any atom is 0.200 e. The molecule has 0 atom stereocenters. The van der Waals surface area contributed by atoms with Crippen molar-refractivity contribution < 1.29 is 0 Å². The highest BCUT2D eigenvalue weighted by atomic mass is 32.1. The number of aromatic nitrogens is 4. The van der Waals surface area contributed by atoms with Crippen molar-refractivity contribution in [2.75, 3.05) is 5.73 Å². The topological polar surface area (TPSA) is 77.6 Å². The predicted molar refractivity (Wildman–Crippen MR) is 45.3 cm³/mol. The molecule has 2 rings (SSSR count). The van der Waals surface area contributed by atoms with E-state index in [1.54, 1.807) is 12.4 Å². The normalized spacial score (nSPS) is 10.0. The first kappa shape index (κ1) is 7.11. The van der Waals surface area contributed by atoms with Gasteiger partial charge in [0.25, 0.3) is 0 Å². The molecule has 0 fully saturated rings. The van der Waals surface area contributed by atoms with Crippen LogP contribution in [0.2, 0.25) is 0 Å². The molecule has 0 saturated heterocycles. The van der Waals surface area contributed by atoms with Gasteiger partial charge in [0.15, 0.2) is 11.0 Å². The molecule has 0 spiro atoms. The van der Waals surface area contributed by atoms with E-state index >= 15 is 0 Å². The average molecular weight is 179 g/mol. The highest BCUT2D eigenvalue weighted by Gasteiger charge is 2.03. The van der Waals surface area contributed by atoms with Gasteiger partial charge >= 0.3 is 0 Å². The lowest BCUT2D eigenvalue weighted by Gasteiger charge is -1.89. The average Bonchev–Trinajstić information content (AvgIpc) is 2.54. The molecule has 0 bridgehead atoms. The summed E-state index contributed by atoms with van der Waals surface area (Å²) in [5.41, 5.74) is 6.20. The zero-order chi connectivity index (χ0) is 8.39. The smallest absolute Gasteiger partial charge is 0.200 e. The van der Waals surface area contributed by atoms with Gasteiger partial charge in [-0.15, -0.1) is 0 Å². The van der Waals surface area contributed by atoms with Gasteiger partial charge in [-0.05, 0) is 0 Å². The Balaban J connectivity index is 2.45. The standard InChI is InChI=1S/C6H5N5S/c7-6-10-5(11-12-6)4-1-8-3-9-2-4/h1-3H,(H2,7,10,11). The molecular formula is C6H5N5S. The lowest BCUT2D eigenvalue weighted by molar-refractivity contribution is 1.15. The Morgan fingerprint density at radius 1 is 1.25 bits per heavy atom. The molecule has 0 amide bonds. The molecule has 6 heteroatoms. The fraction of sp³-hybridized carbons (Fsp3) is 0. The maximum absolute atomic E-state index is 5.42. The molecule has 2 aromatic rings. The predicted octanol–water partition coefficient (Wildman–Crippen LogP) is 0.577. The van der Waals surface area contributed by atoms with Gasteiger partial charge in [-0.2, -0.15) is 9.36 Å². The number of nitrogens with two attached hydrogens (primary N) is 1. The van der Waals surface area contributed by atoms with Gasteiger partial charge in [-0.3, -0.25) is 0 Å². The van der Waals surface area contributed by atoms with E-state index in [0.717, 1.165) is 17.1 Å². The van der Waals surface area contributed by atoms with Gasteiger partial charge in [0.1, 0.15) is 6.33 Å². The van der Waals surface area contributed by atoms with E-state index in [9.17, 15) is 0 Å². The Hall–Kier alpha value is -1.56. The van der Waals surface area contributed by atoms with Crippen LogP contribution in [0.25, 0.3) is 11.4 Å². The van der Waals surface area contributed by atoms with E-state index in [0.29, 0.717) is 11.0 Å². The molecule has 2 N–H and O–H groups in total. The van der Waals surface area contributed by atoms with E-state index in [1.807, 2.05) is 0 Å². The van der Waals surface area contributed by atoms with Crippen LogP contribution in [0.3, 0.4) is 0 Å². The van der Waals surface area contributed by atoms with Crippen molar-refractivity contribution in [2.45, 2.75) is 0 Å². The molecular weight excluding hydrogens is 174 g/mol. The first-order chi connectivity index (χ1) is 5.86. The van der Waals surface area contributed by atoms with Crippen molar-refractivity contribution in [3.05, 3.63) is 18.7 Å². The molecule has 0 aliphatic rings. The van der Waals surface area contributed by atoms with Crippen LogP contribution < -0.4 is 5.73 Å². The van der Waals surface area contributed by atoms with Crippen molar-refractivity contribution in [1.29, 1.82) is 0 Å². The maximum atomic E-state index is 5.42. The van der Waals surface area contributed by atoms with Gasteiger partial charge in [-0.25, -0.2) is 9.97 Å². The lowest BCUT2D eigenvalue weighted by Crippen LogP contribution is -1.85. The van der Waals surface area contributed by atoms with Crippen LogP contribution >= 0.6 is 11.5 Å². The number of anilines is 1. The minimum atomic E-state index is 0.453. The third-order valence-corrected chi connectivity index (χ3v) is 1.80. The summed E-state index contributed by atoms with van der Waals surface area (Å²) in [6, 6.07) is 0. The third-order valence-electron chi connectivity index (χ3n) is 1.26. The number of rotatable bonds is 1. The summed E-state index contributed by atoms with van der Waals surface area (Å²) in [5.74, 6) is 0.582. The first-order valence-corrected chi connectivity index (χ1v) is 3.98. The molecule has 12 heavy (non-hydrogen) atoms. The van der Waals surface area contributed by atoms with Crippen molar-refractivity contribution >= 4 is 16.7 Å². The number of hydrogen-bond donors (Lipinski definition) is 1. The molecule has 0 radical (unpaired) electrons. The molecule has 0 saturated carbocycles. The highest BCUT2D eigenvalue weighted by Crippen LogP contribution is 2.16. The second kappa shape index (κ2) is 2.82. The third kappa shape index (κ3) is 1.24. The second-order valence-corrected chi connectivity index (χ2v) is 2.87. The summed E-state index contributed by atoms with van der Waals surface area (Å²) in [6.45, 7) is 0. The zero-order valence-corrected chi connectivity index (χ0v) is 6.82. The summed E-state index contributed by atoms with van der Waals surface area (Å²) in [4.78, 5) is 11.7. The van der Waals surface area contributed by atoms with Crippen LogP contribution in [-0.2, 0) is 0 Å². The number of nitrogens with zero attached hydrogens (tertiary/aromatic N) is 4. The summed E-state index contributed by atoms with van der Waals surface area (Å²) < 4.78 is 4.01. The van der Waals surface area contributed by atoms with Gasteiger partial charge in [0, 0.05) is 23.9 Å². The Labute approximate surface area is 72.5 Å². The van der Waals surface area contributed by atoms with Crippen LogP contribution in [0.15, 0.2) is 18.7 Å². The van der Waals surface area contributed by atoms with E-state index in [4.69, 9.17) is 5.73 Å². The molecule has 60 valence electrons. The van der Waals surface area contributed by atoms with Gasteiger partial charge in [-0.1, -0.05) is 0 Å². The summed E-state index contributed by atoms with van der Waals surface area (Å²) in [7, 11) is 0. The van der Waals surface area contributed by atoms with E-state index in [1.165, 1.54) is 6.33 Å². The van der Waals surface area contributed by atoms with E-state index in [-0.39, 0.29) is 0 Å². The van der Waals surface area contributed by atoms with E-state index < -0.39 is 0 Å². The molecule has 2 aromatic heterocycles. The van der Waals surface area contributed by atoms with Crippen LogP contribution in [0.1, 0.15) is 0 Å². The number of hydrogen-bond acceptors (Lipinski definition) is 6. The Morgan fingerprint density at radius 2 is 2.00 bits per heavy atom. The summed E-state index contributed by atoms with van der Waals surface area (Å²) >= 11 is 1.16. The Bertz CT molecular complexity index is 370. The minimum absolute atomic E-state index is 0.453. The van der Waals surface area contributed by atoms with Crippen molar-refractivity contribution in [3.63, 3.8) is 0 Å². The Morgan fingerprint density at radius 3 is 2.58 bits per heavy atom. The van der Waals surface area contributed by atoms with Crippen molar-refractivity contribution in [2.24, 2.45) is 0 Å². The van der Waals surface area contributed by atoms with E-state index in [2.05, 4.69) is 19.3 Å². The monoisotopic (exact) mass is 179 g/mol. The lowest BCUT2D eigenvalue weighted by atomic mass is 10.3. The fourth-order valence-electron chi connectivity index (χ4n) is 0.767. The summed E-state index contributed by atoms with van der Waals surface area (Å²) in [6.07, 6.45) is 4.75. The van der Waals surface area contributed by atoms with Gasteiger partial charge in [0.2, 0.25) is 0 Å². The molecule has 5 nitrogen and oxygen atoms in total. The van der Waals surface area contributed by atoms with Gasteiger partial charge < -0.3 is 5.73 Å². The SMILES string of the molecule is Nc1nc(-c2cncnc2)ns1. The zero-order valence-electron chi connectivity index (χ0n) is 6.01. The molecule has 0 unspecified atom stereocenters. The first-order valence-electron chi connectivity index (χ1n) is 3.21. The number of nitrogen functional groups attached to an aromatic ring is 1.